The summed E-state index contributed by atoms with van der Waals surface area (Å²) < 4.78 is 19.7. The maximum Gasteiger partial charge on any atom is 0.192 e. The monoisotopic (exact) mass is 485 g/mol. The molecule has 4 aromatic rings. The van der Waals surface area contributed by atoms with Gasteiger partial charge in [-0.1, -0.05) is 43.2 Å². The number of imidazole rings is 1. The fraction of sp³-hybridized carbons (Fsp3) is 0.318. The first kappa shape index (κ1) is 19.8. The Hall–Kier alpha value is -2.19. The van der Waals surface area contributed by atoms with E-state index in [-0.39, 0.29) is 5.82 Å². The fourth-order valence-electron chi connectivity index (χ4n) is 4.10. The van der Waals surface area contributed by atoms with E-state index in [4.69, 9.17) is 4.98 Å². The van der Waals surface area contributed by atoms with Crippen molar-refractivity contribution in [3.8, 4) is 11.4 Å². The highest BCUT2D eigenvalue weighted by molar-refractivity contribution is 9.10. The summed E-state index contributed by atoms with van der Waals surface area (Å²) in [6.45, 7) is 0. The topological polar surface area (TPSA) is 48.0 Å². The minimum atomic E-state index is -0.260. The average molecular weight is 486 g/mol. The van der Waals surface area contributed by atoms with Crippen LogP contribution in [0.4, 0.5) is 4.39 Å². The number of hydrogen-bond donors (Lipinski definition) is 0. The molecule has 0 amide bonds. The zero-order chi connectivity index (χ0) is 20.5. The molecule has 0 aliphatic heterocycles. The number of aromatic nitrogens is 5. The van der Waals surface area contributed by atoms with Crippen LogP contribution in [0.2, 0.25) is 0 Å². The lowest BCUT2D eigenvalue weighted by atomic mass is 9.95. The predicted molar refractivity (Wildman–Crippen MR) is 120 cm³/mol. The Morgan fingerprint density at radius 2 is 1.87 bits per heavy atom. The molecule has 0 spiro atoms. The third kappa shape index (κ3) is 3.90. The maximum atomic E-state index is 14.5. The Bertz CT molecular complexity index is 1180. The second kappa shape index (κ2) is 8.51. The van der Waals surface area contributed by atoms with Crippen molar-refractivity contribution in [2.45, 2.75) is 49.1 Å². The molecule has 0 saturated heterocycles. The van der Waals surface area contributed by atoms with Crippen molar-refractivity contribution in [2.24, 2.45) is 0 Å². The van der Waals surface area contributed by atoms with Crippen LogP contribution in [0.25, 0.3) is 17.0 Å². The number of fused-ring (bicyclic) bond motifs is 1. The van der Waals surface area contributed by atoms with E-state index in [2.05, 4.69) is 30.7 Å². The van der Waals surface area contributed by atoms with Crippen molar-refractivity contribution >= 4 is 33.3 Å². The van der Waals surface area contributed by atoms with E-state index in [0.29, 0.717) is 23.2 Å². The van der Waals surface area contributed by atoms with Crippen LogP contribution < -0.4 is 0 Å². The molecule has 8 heteroatoms. The highest BCUT2D eigenvalue weighted by Crippen LogP contribution is 2.36. The lowest BCUT2D eigenvalue weighted by Crippen LogP contribution is -2.15. The summed E-state index contributed by atoms with van der Waals surface area (Å²) in [5, 5.41) is 9.70. The standard InChI is InChI=1S/C22H21BrFN5S/c23-15-10-11-20-25-16(13-28(20)12-15)14-30-22-27-26-21(18-8-4-5-9-19(18)24)29(22)17-6-2-1-3-7-17/h4-5,8-13,17H,1-3,6-7,14H2. The average Bonchev–Trinajstić information content (AvgIpc) is 3.36. The number of pyridine rings is 1. The first-order chi connectivity index (χ1) is 14.7. The van der Waals surface area contributed by atoms with Crippen LogP contribution in [0.3, 0.4) is 0 Å². The molecule has 0 unspecified atom stereocenters. The lowest BCUT2D eigenvalue weighted by Gasteiger charge is -2.25. The van der Waals surface area contributed by atoms with E-state index in [1.165, 1.54) is 25.3 Å². The van der Waals surface area contributed by atoms with E-state index in [1.54, 1.807) is 23.9 Å². The van der Waals surface area contributed by atoms with Crippen LogP contribution in [-0.4, -0.2) is 24.1 Å². The molecule has 5 nitrogen and oxygen atoms in total. The van der Waals surface area contributed by atoms with Crippen LogP contribution >= 0.6 is 27.7 Å². The third-order valence-electron chi connectivity index (χ3n) is 5.53. The van der Waals surface area contributed by atoms with Gasteiger partial charge in [-0.25, -0.2) is 9.37 Å². The lowest BCUT2D eigenvalue weighted by molar-refractivity contribution is 0.339. The van der Waals surface area contributed by atoms with Gasteiger partial charge >= 0.3 is 0 Å². The molecule has 0 bridgehead atoms. The molecule has 30 heavy (non-hydrogen) atoms. The van der Waals surface area contributed by atoms with Gasteiger partial charge in [-0.05, 0) is 53.0 Å². The third-order valence-corrected chi connectivity index (χ3v) is 6.98. The first-order valence-corrected chi connectivity index (χ1v) is 11.9. The molecule has 1 aliphatic rings. The van der Waals surface area contributed by atoms with Gasteiger partial charge in [-0.2, -0.15) is 0 Å². The summed E-state index contributed by atoms with van der Waals surface area (Å²) in [5.74, 6) is 1.05. The second-order valence-electron chi connectivity index (χ2n) is 7.58. The van der Waals surface area contributed by atoms with E-state index in [9.17, 15) is 4.39 Å². The summed E-state index contributed by atoms with van der Waals surface area (Å²) >= 11 is 5.11. The van der Waals surface area contributed by atoms with Crippen LogP contribution in [0, 0.1) is 5.82 Å². The SMILES string of the molecule is Fc1ccccc1-c1nnc(SCc2cn3cc(Br)ccc3n2)n1C1CCCCC1. The second-order valence-corrected chi connectivity index (χ2v) is 9.44. The molecular formula is C22H21BrFN5S. The van der Waals surface area contributed by atoms with Crippen molar-refractivity contribution < 1.29 is 4.39 Å². The summed E-state index contributed by atoms with van der Waals surface area (Å²) in [4.78, 5) is 4.69. The molecule has 1 fully saturated rings. The van der Waals surface area contributed by atoms with Gasteiger partial charge in [0.1, 0.15) is 11.5 Å². The van der Waals surface area contributed by atoms with Crippen LogP contribution in [0.1, 0.15) is 43.8 Å². The summed E-state index contributed by atoms with van der Waals surface area (Å²) in [7, 11) is 0. The van der Waals surface area contributed by atoms with Crippen LogP contribution in [0.15, 0.2) is 58.4 Å². The van der Waals surface area contributed by atoms with Gasteiger partial charge in [0.15, 0.2) is 11.0 Å². The molecule has 3 heterocycles. The highest BCUT2D eigenvalue weighted by Gasteiger charge is 2.25. The van der Waals surface area contributed by atoms with Gasteiger partial charge in [-0.3, -0.25) is 4.57 Å². The Kier molecular flexibility index (Phi) is 5.60. The Labute approximate surface area is 186 Å². The maximum absolute atomic E-state index is 14.5. The number of rotatable bonds is 5. The number of nitrogens with zero attached hydrogens (tertiary/aromatic N) is 5. The molecule has 1 saturated carbocycles. The minimum Gasteiger partial charge on any atom is -0.306 e. The van der Waals surface area contributed by atoms with Crippen LogP contribution in [0.5, 0.6) is 0 Å². The van der Waals surface area contributed by atoms with Gasteiger partial charge in [-0.15, -0.1) is 10.2 Å². The van der Waals surface area contributed by atoms with Gasteiger partial charge in [0, 0.05) is 28.7 Å². The van der Waals surface area contributed by atoms with Crippen molar-refractivity contribution in [1.82, 2.24) is 24.1 Å². The Morgan fingerprint density at radius 1 is 1.03 bits per heavy atom. The number of thioether (sulfide) groups is 1. The molecule has 5 rings (SSSR count). The normalized spacial score (nSPS) is 15.1. The summed E-state index contributed by atoms with van der Waals surface area (Å²) in [6.07, 6.45) is 9.82. The van der Waals surface area contributed by atoms with E-state index in [0.717, 1.165) is 33.8 Å². The molecular weight excluding hydrogens is 465 g/mol. The van der Waals surface area contributed by atoms with Gasteiger partial charge in [0.2, 0.25) is 0 Å². The molecule has 0 atom stereocenters. The van der Waals surface area contributed by atoms with Crippen molar-refractivity contribution in [3.63, 3.8) is 0 Å². The molecule has 1 aliphatic carbocycles. The smallest absolute Gasteiger partial charge is 0.192 e. The number of benzene rings is 1. The summed E-state index contributed by atoms with van der Waals surface area (Å²) in [5.41, 5.74) is 2.40. The molecule has 1 aromatic carbocycles. The van der Waals surface area contributed by atoms with Crippen molar-refractivity contribution in [3.05, 3.63) is 64.8 Å². The zero-order valence-electron chi connectivity index (χ0n) is 16.3. The first-order valence-electron chi connectivity index (χ1n) is 10.1. The highest BCUT2D eigenvalue weighted by atomic mass is 79.9. The molecule has 0 radical (unpaired) electrons. The Morgan fingerprint density at radius 3 is 2.70 bits per heavy atom. The largest absolute Gasteiger partial charge is 0.306 e. The van der Waals surface area contributed by atoms with E-state index < -0.39 is 0 Å². The molecule has 3 aromatic heterocycles. The van der Waals surface area contributed by atoms with Crippen molar-refractivity contribution in [1.29, 1.82) is 0 Å². The van der Waals surface area contributed by atoms with E-state index >= 15 is 0 Å². The van der Waals surface area contributed by atoms with Gasteiger partial charge in [0.25, 0.3) is 0 Å². The minimum absolute atomic E-state index is 0.260. The van der Waals surface area contributed by atoms with Gasteiger partial charge < -0.3 is 4.40 Å². The fourth-order valence-corrected chi connectivity index (χ4v) is 5.34. The van der Waals surface area contributed by atoms with Crippen molar-refractivity contribution in [2.75, 3.05) is 0 Å². The van der Waals surface area contributed by atoms with Crippen LogP contribution in [-0.2, 0) is 5.75 Å². The Balaban J connectivity index is 1.47. The zero-order valence-corrected chi connectivity index (χ0v) is 18.7. The van der Waals surface area contributed by atoms with E-state index in [1.807, 2.05) is 35.0 Å². The molecule has 154 valence electrons. The molecule has 0 N–H and O–H groups in total. The number of halogens is 2. The quantitative estimate of drug-likeness (QED) is 0.311. The van der Waals surface area contributed by atoms with Gasteiger partial charge in [0.05, 0.1) is 11.3 Å². The number of hydrogen-bond acceptors (Lipinski definition) is 4. The summed E-state index contributed by atoms with van der Waals surface area (Å²) in [6, 6.07) is 11.1. The predicted octanol–water partition coefficient (Wildman–Crippen LogP) is 6.29.